The minimum atomic E-state index is -0.466. The first-order valence-electron chi connectivity index (χ1n) is 11.6. The topological polar surface area (TPSA) is 67.9 Å². The van der Waals surface area contributed by atoms with E-state index in [4.69, 9.17) is 9.47 Å². The molecule has 0 radical (unpaired) electrons. The second kappa shape index (κ2) is 10.3. The molecule has 4 rings (SSSR count). The summed E-state index contributed by atoms with van der Waals surface area (Å²) in [4.78, 5) is 28.8. The lowest BCUT2D eigenvalue weighted by Gasteiger charge is -2.36. The third kappa shape index (κ3) is 4.77. The number of carbonyl (C=O) groups is 2. The molecule has 1 aliphatic carbocycles. The zero-order chi connectivity index (χ0) is 24.2. The fourth-order valence-corrected chi connectivity index (χ4v) is 4.86. The molecule has 1 aliphatic heterocycles. The van der Waals surface area contributed by atoms with E-state index in [0.717, 1.165) is 34.6 Å². The van der Waals surface area contributed by atoms with Gasteiger partial charge in [0, 0.05) is 56.2 Å². The van der Waals surface area contributed by atoms with Gasteiger partial charge in [-0.1, -0.05) is 42.5 Å². The Labute approximate surface area is 201 Å². The van der Waals surface area contributed by atoms with Crippen LogP contribution in [0.2, 0.25) is 0 Å². The SMILES string of the molecule is COCCOC(=O)C1=C(C)NC2=C(C(=O)C[C@H](c3ccccc3)C2)[C@@H]1c1ccc(N(C)C)cc1. The summed E-state index contributed by atoms with van der Waals surface area (Å²) in [6.45, 7) is 2.36. The standard InChI is InChI=1S/C28H32N2O4/c1-18-25(28(32)34-15-14-33-4)26(20-10-12-22(13-11-20)30(2)3)27-23(29-18)16-21(17-24(27)31)19-8-6-5-7-9-19/h5-13,21,26,29H,14-17H2,1-4H3/t21-,26-/m1/s1. The van der Waals surface area contributed by atoms with Crippen molar-refractivity contribution in [2.75, 3.05) is 39.3 Å². The van der Waals surface area contributed by atoms with E-state index in [2.05, 4.69) is 17.4 Å². The van der Waals surface area contributed by atoms with Gasteiger partial charge < -0.3 is 19.7 Å². The van der Waals surface area contributed by atoms with Crippen molar-refractivity contribution in [1.82, 2.24) is 5.32 Å². The van der Waals surface area contributed by atoms with Crippen LogP contribution in [-0.2, 0) is 19.1 Å². The average Bonchev–Trinajstić information content (AvgIpc) is 2.83. The second-order valence-corrected chi connectivity index (χ2v) is 9.04. The molecule has 2 aliphatic rings. The quantitative estimate of drug-likeness (QED) is 0.491. The van der Waals surface area contributed by atoms with Crippen molar-refractivity contribution >= 4 is 17.4 Å². The third-order valence-corrected chi connectivity index (χ3v) is 6.58. The highest BCUT2D eigenvalue weighted by atomic mass is 16.6. The number of dihydropyridines is 1. The van der Waals surface area contributed by atoms with Crippen molar-refractivity contribution in [2.24, 2.45) is 0 Å². The van der Waals surface area contributed by atoms with Gasteiger partial charge in [0.2, 0.25) is 0 Å². The zero-order valence-electron chi connectivity index (χ0n) is 20.3. The van der Waals surface area contributed by atoms with E-state index in [0.29, 0.717) is 24.2 Å². The highest BCUT2D eigenvalue weighted by molar-refractivity contribution is 6.04. The van der Waals surface area contributed by atoms with Gasteiger partial charge in [-0.3, -0.25) is 4.79 Å². The lowest BCUT2D eigenvalue weighted by atomic mass is 9.71. The number of Topliss-reactive ketones (excluding diaryl/α,β-unsaturated/α-hetero) is 1. The number of hydrogen-bond acceptors (Lipinski definition) is 6. The van der Waals surface area contributed by atoms with Crippen molar-refractivity contribution in [3.8, 4) is 0 Å². The number of ether oxygens (including phenoxy) is 2. The van der Waals surface area contributed by atoms with Gasteiger partial charge in [-0.15, -0.1) is 0 Å². The van der Waals surface area contributed by atoms with Gasteiger partial charge in [0.1, 0.15) is 6.61 Å². The number of nitrogens with one attached hydrogen (secondary N) is 1. The molecule has 6 heteroatoms. The van der Waals surface area contributed by atoms with Crippen molar-refractivity contribution in [2.45, 2.75) is 31.6 Å². The van der Waals surface area contributed by atoms with Crippen LogP contribution in [0.15, 0.2) is 77.1 Å². The predicted molar refractivity (Wildman–Crippen MR) is 133 cm³/mol. The molecular weight excluding hydrogens is 428 g/mol. The maximum Gasteiger partial charge on any atom is 0.336 e. The first kappa shape index (κ1) is 23.8. The van der Waals surface area contributed by atoms with Gasteiger partial charge >= 0.3 is 5.97 Å². The van der Waals surface area contributed by atoms with Crippen molar-refractivity contribution in [1.29, 1.82) is 0 Å². The molecule has 1 N–H and O–H groups in total. The van der Waals surface area contributed by atoms with E-state index in [1.807, 2.05) is 68.4 Å². The van der Waals surface area contributed by atoms with E-state index in [1.165, 1.54) is 0 Å². The molecule has 0 amide bonds. The lowest BCUT2D eigenvalue weighted by molar-refractivity contribution is -0.140. The molecule has 2 atom stereocenters. The maximum absolute atomic E-state index is 13.6. The van der Waals surface area contributed by atoms with E-state index in [1.54, 1.807) is 7.11 Å². The summed E-state index contributed by atoms with van der Waals surface area (Å²) in [5.41, 5.74) is 5.90. The fraction of sp³-hybridized carbons (Fsp3) is 0.357. The van der Waals surface area contributed by atoms with Gasteiger partial charge in [0.15, 0.2) is 5.78 Å². The number of rotatable bonds is 7. The van der Waals surface area contributed by atoms with E-state index < -0.39 is 11.9 Å². The first-order chi connectivity index (χ1) is 16.4. The fourth-order valence-electron chi connectivity index (χ4n) is 4.86. The number of carbonyl (C=O) groups excluding carboxylic acids is 2. The second-order valence-electron chi connectivity index (χ2n) is 9.04. The van der Waals surface area contributed by atoms with Crippen LogP contribution in [0, 0.1) is 0 Å². The molecular formula is C28H32N2O4. The monoisotopic (exact) mass is 460 g/mol. The Bertz CT molecular complexity index is 1120. The number of anilines is 1. The number of nitrogens with zero attached hydrogens (tertiary/aromatic N) is 1. The van der Waals surface area contributed by atoms with Crippen molar-refractivity contribution < 1.29 is 19.1 Å². The molecule has 34 heavy (non-hydrogen) atoms. The Balaban J connectivity index is 1.75. The first-order valence-corrected chi connectivity index (χ1v) is 11.6. The van der Waals surface area contributed by atoms with Gasteiger partial charge in [0.25, 0.3) is 0 Å². The van der Waals surface area contributed by atoms with Crippen molar-refractivity contribution in [3.63, 3.8) is 0 Å². The maximum atomic E-state index is 13.6. The Kier molecular flexibility index (Phi) is 7.17. The van der Waals surface area contributed by atoms with E-state index in [9.17, 15) is 9.59 Å². The molecule has 0 fully saturated rings. The number of hydrogen-bond donors (Lipinski definition) is 1. The van der Waals surface area contributed by atoms with Crippen LogP contribution in [-0.4, -0.2) is 46.2 Å². The molecule has 0 bridgehead atoms. The largest absolute Gasteiger partial charge is 0.460 e. The van der Waals surface area contributed by atoms with Crippen LogP contribution in [0.5, 0.6) is 0 Å². The third-order valence-electron chi connectivity index (χ3n) is 6.58. The van der Waals surface area contributed by atoms with Crippen LogP contribution in [0.1, 0.15) is 42.7 Å². The molecule has 0 saturated heterocycles. The molecule has 0 unspecified atom stereocenters. The highest BCUT2D eigenvalue weighted by Crippen LogP contribution is 2.45. The number of benzene rings is 2. The molecule has 6 nitrogen and oxygen atoms in total. The number of allylic oxidation sites excluding steroid dienone is 3. The van der Waals surface area contributed by atoms with Crippen LogP contribution in [0.4, 0.5) is 5.69 Å². The van der Waals surface area contributed by atoms with Gasteiger partial charge in [-0.2, -0.15) is 0 Å². The minimum absolute atomic E-state index is 0.0685. The summed E-state index contributed by atoms with van der Waals surface area (Å²) in [5, 5.41) is 3.40. The van der Waals surface area contributed by atoms with Gasteiger partial charge in [-0.25, -0.2) is 4.79 Å². The molecule has 0 spiro atoms. The van der Waals surface area contributed by atoms with Gasteiger partial charge in [0.05, 0.1) is 12.2 Å². The lowest BCUT2D eigenvalue weighted by Crippen LogP contribution is -2.36. The van der Waals surface area contributed by atoms with Crippen molar-refractivity contribution in [3.05, 3.63) is 88.3 Å². The predicted octanol–water partition coefficient (Wildman–Crippen LogP) is 4.30. The van der Waals surface area contributed by atoms with Crippen LogP contribution < -0.4 is 10.2 Å². The average molecular weight is 461 g/mol. The zero-order valence-corrected chi connectivity index (χ0v) is 20.3. The molecule has 0 aromatic heterocycles. The van der Waals surface area contributed by atoms with Crippen LogP contribution >= 0.6 is 0 Å². The normalized spacial score (nSPS) is 20.1. The number of ketones is 1. The summed E-state index contributed by atoms with van der Waals surface area (Å²) in [7, 11) is 5.53. The summed E-state index contributed by atoms with van der Waals surface area (Å²) in [5.74, 6) is -0.710. The number of methoxy groups -OCH3 is 1. The molecule has 0 saturated carbocycles. The Morgan fingerprint density at radius 2 is 1.71 bits per heavy atom. The number of esters is 1. The Morgan fingerprint density at radius 3 is 2.35 bits per heavy atom. The van der Waals surface area contributed by atoms with Crippen LogP contribution in [0.3, 0.4) is 0 Å². The summed E-state index contributed by atoms with van der Waals surface area (Å²) in [6.07, 6.45) is 1.14. The molecule has 178 valence electrons. The smallest absolute Gasteiger partial charge is 0.336 e. The summed E-state index contributed by atoms with van der Waals surface area (Å²) < 4.78 is 10.5. The summed E-state index contributed by atoms with van der Waals surface area (Å²) >= 11 is 0. The minimum Gasteiger partial charge on any atom is -0.460 e. The molecule has 2 aromatic carbocycles. The Morgan fingerprint density at radius 1 is 1.00 bits per heavy atom. The van der Waals surface area contributed by atoms with E-state index in [-0.39, 0.29) is 18.3 Å². The summed E-state index contributed by atoms with van der Waals surface area (Å²) in [6, 6.07) is 18.2. The highest BCUT2D eigenvalue weighted by Gasteiger charge is 2.41. The van der Waals surface area contributed by atoms with Gasteiger partial charge in [-0.05, 0) is 42.5 Å². The van der Waals surface area contributed by atoms with E-state index >= 15 is 0 Å². The molecule has 2 aromatic rings. The molecule has 1 heterocycles. The van der Waals surface area contributed by atoms with Crippen LogP contribution in [0.25, 0.3) is 0 Å². The Hall–Kier alpha value is -3.38.